The standard InChI is InChI=1S/C13H14BrN3/c1-15-12(10-5-3-2-4-6-10)7-13-16-8-11(14)9-17-13/h2-6,8-9,12,15H,7H2,1H3. The molecular formula is C13H14BrN3. The van der Waals surface area contributed by atoms with Crippen molar-refractivity contribution in [3.63, 3.8) is 0 Å². The summed E-state index contributed by atoms with van der Waals surface area (Å²) < 4.78 is 0.905. The van der Waals surface area contributed by atoms with Gasteiger partial charge in [-0.1, -0.05) is 30.3 Å². The van der Waals surface area contributed by atoms with Crippen LogP contribution >= 0.6 is 15.9 Å². The molecular weight excluding hydrogens is 278 g/mol. The molecule has 4 heteroatoms. The highest BCUT2D eigenvalue weighted by atomic mass is 79.9. The number of likely N-dealkylation sites (N-methyl/N-ethyl adjacent to an activating group) is 1. The SMILES string of the molecule is CNC(Cc1ncc(Br)cn1)c1ccccc1. The van der Waals surface area contributed by atoms with Gasteiger partial charge in [-0.3, -0.25) is 0 Å². The van der Waals surface area contributed by atoms with Gasteiger partial charge in [0, 0.05) is 24.9 Å². The van der Waals surface area contributed by atoms with E-state index in [1.807, 2.05) is 25.2 Å². The average molecular weight is 292 g/mol. The summed E-state index contributed by atoms with van der Waals surface area (Å²) >= 11 is 3.33. The first-order valence-electron chi connectivity index (χ1n) is 5.48. The maximum Gasteiger partial charge on any atom is 0.130 e. The molecule has 0 radical (unpaired) electrons. The van der Waals surface area contributed by atoms with E-state index in [9.17, 15) is 0 Å². The molecule has 1 atom stereocenters. The van der Waals surface area contributed by atoms with Gasteiger partial charge >= 0.3 is 0 Å². The topological polar surface area (TPSA) is 37.8 Å². The Hall–Kier alpha value is -1.26. The van der Waals surface area contributed by atoms with E-state index >= 15 is 0 Å². The van der Waals surface area contributed by atoms with Gasteiger partial charge in [-0.2, -0.15) is 0 Å². The molecule has 0 saturated heterocycles. The van der Waals surface area contributed by atoms with E-state index in [1.165, 1.54) is 5.56 Å². The van der Waals surface area contributed by atoms with Gasteiger partial charge in [0.2, 0.25) is 0 Å². The molecule has 88 valence electrons. The fourth-order valence-corrected chi connectivity index (χ4v) is 1.90. The molecule has 0 amide bonds. The number of hydrogen-bond donors (Lipinski definition) is 1. The Bertz CT molecular complexity index is 456. The van der Waals surface area contributed by atoms with Crippen LogP contribution < -0.4 is 5.32 Å². The fourth-order valence-electron chi connectivity index (χ4n) is 1.70. The summed E-state index contributed by atoms with van der Waals surface area (Å²) in [5.74, 6) is 0.844. The van der Waals surface area contributed by atoms with Gasteiger partial charge in [0.25, 0.3) is 0 Å². The molecule has 1 N–H and O–H groups in total. The normalized spacial score (nSPS) is 12.4. The highest BCUT2D eigenvalue weighted by Gasteiger charge is 2.10. The van der Waals surface area contributed by atoms with Gasteiger partial charge < -0.3 is 5.32 Å². The molecule has 0 spiro atoms. The van der Waals surface area contributed by atoms with Crippen molar-refractivity contribution in [2.45, 2.75) is 12.5 Å². The quantitative estimate of drug-likeness (QED) is 0.941. The lowest BCUT2D eigenvalue weighted by atomic mass is 10.0. The van der Waals surface area contributed by atoms with Crippen molar-refractivity contribution < 1.29 is 0 Å². The molecule has 0 aliphatic rings. The van der Waals surface area contributed by atoms with Gasteiger partial charge in [0.05, 0.1) is 4.47 Å². The van der Waals surface area contributed by atoms with Crippen LogP contribution in [0.3, 0.4) is 0 Å². The Morgan fingerprint density at radius 2 is 1.82 bits per heavy atom. The predicted octanol–water partition coefficient (Wildman–Crippen LogP) is 2.74. The highest BCUT2D eigenvalue weighted by Crippen LogP contribution is 2.16. The number of rotatable bonds is 4. The van der Waals surface area contributed by atoms with Gasteiger partial charge in [-0.05, 0) is 28.5 Å². The first-order valence-corrected chi connectivity index (χ1v) is 6.27. The average Bonchev–Trinajstić information content (AvgIpc) is 2.39. The third kappa shape index (κ3) is 3.35. The molecule has 0 bridgehead atoms. The Balaban J connectivity index is 2.13. The number of hydrogen-bond acceptors (Lipinski definition) is 3. The molecule has 0 saturated carbocycles. The zero-order valence-electron chi connectivity index (χ0n) is 9.60. The Morgan fingerprint density at radius 1 is 1.18 bits per heavy atom. The first kappa shape index (κ1) is 12.2. The molecule has 0 aliphatic heterocycles. The molecule has 3 nitrogen and oxygen atoms in total. The van der Waals surface area contributed by atoms with E-state index < -0.39 is 0 Å². The van der Waals surface area contributed by atoms with Crippen molar-refractivity contribution in [1.82, 2.24) is 15.3 Å². The zero-order chi connectivity index (χ0) is 12.1. The van der Waals surface area contributed by atoms with Crippen LogP contribution in [0.25, 0.3) is 0 Å². The van der Waals surface area contributed by atoms with Crippen molar-refractivity contribution in [2.24, 2.45) is 0 Å². The lowest BCUT2D eigenvalue weighted by Crippen LogP contribution is -2.19. The molecule has 2 rings (SSSR count). The molecule has 1 aromatic carbocycles. The summed E-state index contributed by atoms with van der Waals surface area (Å²) in [5.41, 5.74) is 1.25. The number of nitrogens with zero attached hydrogens (tertiary/aromatic N) is 2. The third-order valence-corrected chi connectivity index (χ3v) is 3.02. The maximum atomic E-state index is 4.29. The van der Waals surface area contributed by atoms with E-state index in [0.29, 0.717) is 0 Å². The third-order valence-electron chi connectivity index (χ3n) is 2.61. The summed E-state index contributed by atoms with van der Waals surface area (Å²) in [7, 11) is 1.95. The van der Waals surface area contributed by atoms with Crippen LogP contribution in [0.2, 0.25) is 0 Å². The van der Waals surface area contributed by atoms with E-state index in [1.54, 1.807) is 12.4 Å². The number of benzene rings is 1. The molecule has 1 heterocycles. The van der Waals surface area contributed by atoms with E-state index in [4.69, 9.17) is 0 Å². The Labute approximate surface area is 109 Å². The number of halogens is 1. The summed E-state index contributed by atoms with van der Waals surface area (Å²) in [6, 6.07) is 10.6. The van der Waals surface area contributed by atoms with Crippen LogP contribution in [0.15, 0.2) is 47.2 Å². The summed E-state index contributed by atoms with van der Waals surface area (Å²) in [5, 5.41) is 3.29. The number of nitrogens with one attached hydrogen (secondary N) is 1. The van der Waals surface area contributed by atoms with Gasteiger partial charge in [-0.15, -0.1) is 0 Å². The van der Waals surface area contributed by atoms with E-state index in [2.05, 4.69) is 43.3 Å². The van der Waals surface area contributed by atoms with Crippen LogP contribution in [0, 0.1) is 0 Å². The Kier molecular flexibility index (Phi) is 4.23. The smallest absolute Gasteiger partial charge is 0.130 e. The molecule has 17 heavy (non-hydrogen) atoms. The highest BCUT2D eigenvalue weighted by molar-refractivity contribution is 9.10. The molecule has 2 aromatic rings. The summed E-state index contributed by atoms with van der Waals surface area (Å²) in [4.78, 5) is 8.59. The molecule has 0 fully saturated rings. The van der Waals surface area contributed by atoms with Crippen LogP contribution in [-0.4, -0.2) is 17.0 Å². The van der Waals surface area contributed by atoms with Crippen molar-refractivity contribution in [1.29, 1.82) is 0 Å². The second kappa shape index (κ2) is 5.89. The van der Waals surface area contributed by atoms with Crippen molar-refractivity contribution in [3.05, 3.63) is 58.6 Å². The minimum Gasteiger partial charge on any atom is -0.313 e. The van der Waals surface area contributed by atoms with Gasteiger partial charge in [0.15, 0.2) is 0 Å². The first-order chi connectivity index (χ1) is 8.29. The maximum absolute atomic E-state index is 4.29. The Morgan fingerprint density at radius 3 is 2.41 bits per heavy atom. The monoisotopic (exact) mass is 291 g/mol. The molecule has 0 aliphatic carbocycles. The van der Waals surface area contributed by atoms with Gasteiger partial charge in [-0.25, -0.2) is 9.97 Å². The predicted molar refractivity (Wildman–Crippen MR) is 71.7 cm³/mol. The minimum atomic E-state index is 0.248. The van der Waals surface area contributed by atoms with Crippen LogP contribution in [0.4, 0.5) is 0 Å². The van der Waals surface area contributed by atoms with Crippen molar-refractivity contribution in [2.75, 3.05) is 7.05 Å². The molecule has 1 unspecified atom stereocenters. The largest absolute Gasteiger partial charge is 0.313 e. The van der Waals surface area contributed by atoms with Crippen molar-refractivity contribution in [3.8, 4) is 0 Å². The van der Waals surface area contributed by atoms with Crippen LogP contribution in [0.1, 0.15) is 17.4 Å². The van der Waals surface area contributed by atoms with E-state index in [-0.39, 0.29) is 6.04 Å². The summed E-state index contributed by atoms with van der Waals surface area (Å²) in [6.45, 7) is 0. The summed E-state index contributed by atoms with van der Waals surface area (Å²) in [6.07, 6.45) is 4.34. The molecule has 1 aromatic heterocycles. The second-order valence-corrected chi connectivity index (χ2v) is 4.69. The minimum absolute atomic E-state index is 0.248. The lowest BCUT2D eigenvalue weighted by Gasteiger charge is -2.15. The second-order valence-electron chi connectivity index (χ2n) is 3.77. The number of aromatic nitrogens is 2. The van der Waals surface area contributed by atoms with Gasteiger partial charge in [0.1, 0.15) is 5.82 Å². The van der Waals surface area contributed by atoms with Crippen molar-refractivity contribution >= 4 is 15.9 Å². The van der Waals surface area contributed by atoms with Crippen LogP contribution in [-0.2, 0) is 6.42 Å². The van der Waals surface area contributed by atoms with Crippen LogP contribution in [0.5, 0.6) is 0 Å². The zero-order valence-corrected chi connectivity index (χ0v) is 11.2. The fraction of sp³-hybridized carbons (Fsp3) is 0.231. The lowest BCUT2D eigenvalue weighted by molar-refractivity contribution is 0.574. The van der Waals surface area contributed by atoms with E-state index in [0.717, 1.165) is 16.7 Å².